The Labute approximate surface area is 167 Å². The maximum atomic E-state index is 12.2. The van der Waals surface area contributed by atoms with Crippen LogP contribution in [0.3, 0.4) is 0 Å². The van der Waals surface area contributed by atoms with Crippen molar-refractivity contribution in [1.29, 1.82) is 0 Å². The topological polar surface area (TPSA) is 127 Å². The molecule has 3 N–H and O–H groups in total. The smallest absolute Gasteiger partial charge is 0.329 e. The molecule has 154 valence electrons. The highest BCUT2D eigenvalue weighted by molar-refractivity contribution is 5.97. The van der Waals surface area contributed by atoms with E-state index in [1.807, 2.05) is 30.3 Å². The standard InChI is InChI=1S/C20H23N3O6/c1-13(2)17(23-18(25)15-9-6-10-28-15)19(26)29-12-16(24)22-20(27)21-11-14-7-4-3-5-8-14/h3-10,13,17H,11-12H2,1-2H3,(H,23,25)(H2,21,22,24,27)/t17-/m0/s1. The molecular formula is C20H23N3O6. The molecule has 9 heteroatoms. The van der Waals surface area contributed by atoms with Crippen LogP contribution in [0.5, 0.6) is 0 Å². The van der Waals surface area contributed by atoms with Crippen LogP contribution in [0.1, 0.15) is 30.0 Å². The Morgan fingerprint density at radius 3 is 2.38 bits per heavy atom. The highest BCUT2D eigenvalue weighted by atomic mass is 16.5. The van der Waals surface area contributed by atoms with E-state index in [0.717, 1.165) is 5.56 Å². The van der Waals surface area contributed by atoms with Crippen LogP contribution in [0.25, 0.3) is 0 Å². The summed E-state index contributed by atoms with van der Waals surface area (Å²) in [6, 6.07) is 10.5. The van der Waals surface area contributed by atoms with Gasteiger partial charge in [0.15, 0.2) is 12.4 Å². The van der Waals surface area contributed by atoms with Gasteiger partial charge in [-0.2, -0.15) is 0 Å². The van der Waals surface area contributed by atoms with Crippen molar-refractivity contribution in [2.24, 2.45) is 5.92 Å². The van der Waals surface area contributed by atoms with Crippen LogP contribution in [0.2, 0.25) is 0 Å². The number of imide groups is 1. The quantitative estimate of drug-likeness (QED) is 0.577. The molecule has 9 nitrogen and oxygen atoms in total. The molecule has 0 radical (unpaired) electrons. The first-order valence-electron chi connectivity index (χ1n) is 8.99. The summed E-state index contributed by atoms with van der Waals surface area (Å²) in [5, 5.41) is 7.09. The minimum Gasteiger partial charge on any atom is -0.459 e. The van der Waals surface area contributed by atoms with Gasteiger partial charge in [0.1, 0.15) is 6.04 Å². The van der Waals surface area contributed by atoms with E-state index in [1.54, 1.807) is 19.9 Å². The van der Waals surface area contributed by atoms with Crippen LogP contribution in [0.15, 0.2) is 53.1 Å². The lowest BCUT2D eigenvalue weighted by Gasteiger charge is -2.20. The zero-order valence-corrected chi connectivity index (χ0v) is 16.1. The fourth-order valence-electron chi connectivity index (χ4n) is 2.33. The molecule has 29 heavy (non-hydrogen) atoms. The van der Waals surface area contributed by atoms with E-state index in [2.05, 4.69) is 16.0 Å². The fourth-order valence-corrected chi connectivity index (χ4v) is 2.33. The average molecular weight is 401 g/mol. The molecule has 0 aliphatic rings. The number of carbonyl (C=O) groups excluding carboxylic acids is 4. The Morgan fingerprint density at radius 1 is 1.03 bits per heavy atom. The summed E-state index contributed by atoms with van der Waals surface area (Å²) in [6.45, 7) is 3.02. The molecule has 1 aromatic carbocycles. The highest BCUT2D eigenvalue weighted by Crippen LogP contribution is 2.07. The van der Waals surface area contributed by atoms with Crippen molar-refractivity contribution in [1.82, 2.24) is 16.0 Å². The van der Waals surface area contributed by atoms with E-state index in [0.29, 0.717) is 0 Å². The lowest BCUT2D eigenvalue weighted by atomic mass is 10.0. The molecule has 0 saturated carbocycles. The molecule has 4 amide bonds. The summed E-state index contributed by atoms with van der Waals surface area (Å²) in [6.07, 6.45) is 1.34. The van der Waals surface area contributed by atoms with Crippen molar-refractivity contribution >= 4 is 23.8 Å². The van der Waals surface area contributed by atoms with Gasteiger partial charge in [0.2, 0.25) is 0 Å². The molecule has 0 bridgehead atoms. The summed E-state index contributed by atoms with van der Waals surface area (Å²) in [4.78, 5) is 47.9. The molecule has 0 spiro atoms. The first-order valence-corrected chi connectivity index (χ1v) is 8.99. The van der Waals surface area contributed by atoms with Gasteiger partial charge in [0.05, 0.1) is 6.26 Å². The van der Waals surface area contributed by atoms with Gasteiger partial charge in [-0.25, -0.2) is 9.59 Å². The summed E-state index contributed by atoms with van der Waals surface area (Å²) >= 11 is 0. The number of rotatable bonds is 8. The van der Waals surface area contributed by atoms with Gasteiger partial charge >= 0.3 is 12.0 Å². The number of benzene rings is 1. The average Bonchev–Trinajstić information content (AvgIpc) is 3.24. The largest absolute Gasteiger partial charge is 0.459 e. The van der Waals surface area contributed by atoms with Gasteiger partial charge in [-0.1, -0.05) is 44.2 Å². The molecule has 1 atom stereocenters. The minimum absolute atomic E-state index is 0.0521. The molecule has 0 fully saturated rings. The maximum Gasteiger partial charge on any atom is 0.329 e. The van der Waals surface area contributed by atoms with Gasteiger partial charge in [0, 0.05) is 6.54 Å². The van der Waals surface area contributed by atoms with Crippen LogP contribution < -0.4 is 16.0 Å². The highest BCUT2D eigenvalue weighted by Gasteiger charge is 2.27. The van der Waals surface area contributed by atoms with E-state index >= 15 is 0 Å². The second kappa shape index (κ2) is 10.6. The zero-order chi connectivity index (χ0) is 21.2. The third kappa shape index (κ3) is 7.13. The van der Waals surface area contributed by atoms with E-state index in [4.69, 9.17) is 9.15 Å². The minimum atomic E-state index is -0.979. The molecule has 2 aromatic rings. The molecule has 1 heterocycles. The Morgan fingerprint density at radius 2 is 1.76 bits per heavy atom. The second-order valence-corrected chi connectivity index (χ2v) is 6.50. The van der Waals surface area contributed by atoms with Crippen molar-refractivity contribution in [3.63, 3.8) is 0 Å². The van der Waals surface area contributed by atoms with Gasteiger partial charge in [0.25, 0.3) is 11.8 Å². The lowest BCUT2D eigenvalue weighted by molar-refractivity contribution is -0.151. The molecule has 0 unspecified atom stereocenters. The van der Waals surface area contributed by atoms with Crippen molar-refractivity contribution < 1.29 is 28.3 Å². The summed E-state index contributed by atoms with van der Waals surface area (Å²) in [7, 11) is 0. The SMILES string of the molecule is CC(C)[C@H](NC(=O)c1ccco1)C(=O)OCC(=O)NC(=O)NCc1ccccc1. The van der Waals surface area contributed by atoms with E-state index in [9.17, 15) is 19.2 Å². The second-order valence-electron chi connectivity index (χ2n) is 6.50. The van der Waals surface area contributed by atoms with E-state index in [-0.39, 0.29) is 18.2 Å². The summed E-state index contributed by atoms with van der Waals surface area (Å²) in [5.41, 5.74) is 0.869. The third-order valence-corrected chi connectivity index (χ3v) is 3.85. The maximum absolute atomic E-state index is 12.2. The molecule has 0 saturated heterocycles. The van der Waals surface area contributed by atoms with Gasteiger partial charge < -0.3 is 19.8 Å². The van der Waals surface area contributed by atoms with Crippen LogP contribution >= 0.6 is 0 Å². The first kappa shape index (κ1) is 21.7. The molecule has 2 rings (SSSR count). The van der Waals surface area contributed by atoms with Gasteiger partial charge in [-0.3, -0.25) is 14.9 Å². The number of amides is 4. The van der Waals surface area contributed by atoms with E-state index in [1.165, 1.54) is 12.3 Å². The van der Waals surface area contributed by atoms with Gasteiger partial charge in [-0.15, -0.1) is 0 Å². The number of nitrogens with one attached hydrogen (secondary N) is 3. The van der Waals surface area contributed by atoms with Crippen molar-refractivity contribution in [3.05, 3.63) is 60.1 Å². The molecular weight excluding hydrogens is 378 g/mol. The Balaban J connectivity index is 1.77. The number of hydrogen-bond donors (Lipinski definition) is 3. The van der Waals surface area contributed by atoms with Crippen molar-refractivity contribution in [2.75, 3.05) is 6.61 Å². The van der Waals surface area contributed by atoms with Crippen LogP contribution in [-0.2, 0) is 20.9 Å². The number of esters is 1. The summed E-state index contributed by atoms with van der Waals surface area (Å²) in [5.74, 6) is -2.39. The Hall–Kier alpha value is -3.62. The number of ether oxygens (including phenoxy) is 1. The number of urea groups is 1. The fraction of sp³-hybridized carbons (Fsp3) is 0.300. The first-order chi connectivity index (χ1) is 13.9. The normalized spacial score (nSPS) is 11.4. The Bertz CT molecular complexity index is 833. The summed E-state index contributed by atoms with van der Waals surface area (Å²) < 4.78 is 9.91. The number of hydrogen-bond acceptors (Lipinski definition) is 6. The number of carbonyl (C=O) groups is 4. The molecule has 0 aliphatic carbocycles. The van der Waals surface area contributed by atoms with E-state index < -0.39 is 36.5 Å². The van der Waals surface area contributed by atoms with Crippen LogP contribution in [-0.4, -0.2) is 36.5 Å². The van der Waals surface area contributed by atoms with Crippen LogP contribution in [0, 0.1) is 5.92 Å². The predicted octanol–water partition coefficient (Wildman–Crippen LogP) is 1.60. The monoisotopic (exact) mass is 401 g/mol. The molecule has 1 aromatic heterocycles. The lowest BCUT2D eigenvalue weighted by Crippen LogP contribution is -2.47. The Kier molecular flexibility index (Phi) is 7.96. The van der Waals surface area contributed by atoms with Crippen LogP contribution in [0.4, 0.5) is 4.79 Å². The van der Waals surface area contributed by atoms with Crippen molar-refractivity contribution in [2.45, 2.75) is 26.4 Å². The molecule has 0 aliphatic heterocycles. The predicted molar refractivity (Wildman–Crippen MR) is 103 cm³/mol. The van der Waals surface area contributed by atoms with Gasteiger partial charge in [-0.05, 0) is 23.6 Å². The number of furan rings is 1. The van der Waals surface area contributed by atoms with Crippen molar-refractivity contribution in [3.8, 4) is 0 Å². The third-order valence-electron chi connectivity index (χ3n) is 3.85. The zero-order valence-electron chi connectivity index (χ0n) is 16.1.